The normalized spacial score (nSPS) is 15.5. The van der Waals surface area contributed by atoms with Gasteiger partial charge in [-0.25, -0.2) is 9.98 Å². The summed E-state index contributed by atoms with van der Waals surface area (Å²) >= 11 is 0. The van der Waals surface area contributed by atoms with E-state index in [1.807, 2.05) is 12.3 Å². The highest BCUT2D eigenvalue weighted by molar-refractivity contribution is 14.0. The third-order valence-corrected chi connectivity index (χ3v) is 6.49. The molecule has 0 saturated carbocycles. The van der Waals surface area contributed by atoms with Crippen molar-refractivity contribution in [1.29, 1.82) is 0 Å². The van der Waals surface area contributed by atoms with Gasteiger partial charge in [0.05, 0.1) is 6.54 Å². The Balaban J connectivity index is 0.00000480. The van der Waals surface area contributed by atoms with Gasteiger partial charge in [0.2, 0.25) is 0 Å². The molecule has 0 amide bonds. The fraction of sp³-hybridized carbons (Fsp3) is 0.739. The van der Waals surface area contributed by atoms with Gasteiger partial charge >= 0.3 is 0 Å². The van der Waals surface area contributed by atoms with Crippen LogP contribution in [-0.2, 0) is 6.54 Å². The second-order valence-corrected chi connectivity index (χ2v) is 8.17. The SMILES string of the molecule is CCNC(=NCc1ccnc(N2CCN(CC)CC2)c1)NCC(CC)(CC)CCO.I. The molecule has 3 N–H and O–H groups in total. The predicted molar refractivity (Wildman–Crippen MR) is 142 cm³/mol. The van der Waals surface area contributed by atoms with E-state index in [2.05, 4.69) is 59.2 Å². The molecule has 1 aromatic rings. The predicted octanol–water partition coefficient (Wildman–Crippen LogP) is 3.09. The number of hydrogen-bond acceptors (Lipinski definition) is 5. The van der Waals surface area contributed by atoms with Crippen LogP contribution in [0.15, 0.2) is 23.3 Å². The van der Waals surface area contributed by atoms with Gasteiger partial charge in [0.1, 0.15) is 5.82 Å². The topological polar surface area (TPSA) is 76.0 Å². The molecule has 0 radical (unpaired) electrons. The highest BCUT2D eigenvalue weighted by Gasteiger charge is 2.25. The number of nitrogens with zero attached hydrogens (tertiary/aromatic N) is 4. The van der Waals surface area contributed by atoms with E-state index in [1.165, 1.54) is 5.56 Å². The molecule has 0 aromatic carbocycles. The summed E-state index contributed by atoms with van der Waals surface area (Å²) in [4.78, 5) is 14.2. The van der Waals surface area contributed by atoms with Crippen molar-refractivity contribution < 1.29 is 5.11 Å². The van der Waals surface area contributed by atoms with Gasteiger partial charge in [0.15, 0.2) is 5.96 Å². The average molecular weight is 547 g/mol. The van der Waals surface area contributed by atoms with Crippen molar-refractivity contribution in [2.24, 2.45) is 10.4 Å². The number of likely N-dealkylation sites (N-methyl/N-ethyl adjacent to an activating group) is 1. The van der Waals surface area contributed by atoms with Crippen molar-refractivity contribution in [2.45, 2.75) is 53.5 Å². The van der Waals surface area contributed by atoms with Crippen LogP contribution < -0.4 is 15.5 Å². The number of nitrogens with one attached hydrogen (secondary N) is 2. The number of guanidine groups is 1. The third kappa shape index (κ3) is 8.73. The van der Waals surface area contributed by atoms with Crippen LogP contribution in [-0.4, -0.2) is 73.4 Å². The fourth-order valence-corrected chi connectivity index (χ4v) is 3.99. The zero-order valence-corrected chi connectivity index (χ0v) is 22.2. The van der Waals surface area contributed by atoms with E-state index >= 15 is 0 Å². The molecule has 1 aliphatic rings. The van der Waals surface area contributed by atoms with Gasteiger partial charge in [-0.2, -0.15) is 0 Å². The molecular formula is C23H43IN6O. The van der Waals surface area contributed by atoms with Crippen LogP contribution in [0.1, 0.15) is 52.5 Å². The van der Waals surface area contributed by atoms with Gasteiger partial charge in [-0.15, -0.1) is 24.0 Å². The van der Waals surface area contributed by atoms with Crippen LogP contribution in [0.25, 0.3) is 0 Å². The summed E-state index contributed by atoms with van der Waals surface area (Å²) in [6, 6.07) is 4.22. The van der Waals surface area contributed by atoms with E-state index in [-0.39, 0.29) is 36.0 Å². The molecule has 8 heteroatoms. The minimum absolute atomic E-state index is 0. The van der Waals surface area contributed by atoms with Gasteiger partial charge in [-0.05, 0) is 55.8 Å². The first kappa shape index (κ1) is 27.9. The Labute approximate surface area is 206 Å². The first-order valence-corrected chi connectivity index (χ1v) is 11.6. The summed E-state index contributed by atoms with van der Waals surface area (Å²) in [6.07, 6.45) is 4.78. The van der Waals surface area contributed by atoms with Crippen LogP contribution in [0.5, 0.6) is 0 Å². The molecule has 7 nitrogen and oxygen atoms in total. The number of aliphatic imine (C=N–C) groups is 1. The fourth-order valence-electron chi connectivity index (χ4n) is 3.99. The molecule has 1 saturated heterocycles. The van der Waals surface area contributed by atoms with Gasteiger partial charge in [0.25, 0.3) is 0 Å². The monoisotopic (exact) mass is 546 g/mol. The maximum atomic E-state index is 9.46. The zero-order valence-electron chi connectivity index (χ0n) is 19.9. The lowest BCUT2D eigenvalue weighted by atomic mass is 9.79. The lowest BCUT2D eigenvalue weighted by Gasteiger charge is -2.34. The van der Waals surface area contributed by atoms with Gasteiger partial charge in [-0.3, -0.25) is 0 Å². The molecule has 0 atom stereocenters. The van der Waals surface area contributed by atoms with E-state index in [1.54, 1.807) is 0 Å². The Hall–Kier alpha value is -1.13. The Kier molecular flexibility index (Phi) is 13.4. The quantitative estimate of drug-likeness (QED) is 0.225. The van der Waals surface area contributed by atoms with Crippen LogP contribution in [0.2, 0.25) is 0 Å². The van der Waals surface area contributed by atoms with Crippen molar-refractivity contribution in [2.75, 3.05) is 57.3 Å². The van der Waals surface area contributed by atoms with Crippen LogP contribution >= 0.6 is 24.0 Å². The van der Waals surface area contributed by atoms with Crippen molar-refractivity contribution in [3.8, 4) is 0 Å². The zero-order chi connectivity index (χ0) is 21.8. The summed E-state index contributed by atoms with van der Waals surface area (Å²) in [5, 5.41) is 16.3. The number of aliphatic hydroxyl groups is 1. The van der Waals surface area contributed by atoms with Gasteiger partial charge in [-0.1, -0.05) is 20.8 Å². The van der Waals surface area contributed by atoms with Crippen LogP contribution in [0.4, 0.5) is 5.82 Å². The van der Waals surface area contributed by atoms with Crippen molar-refractivity contribution in [1.82, 2.24) is 20.5 Å². The molecule has 2 heterocycles. The lowest BCUT2D eigenvalue weighted by molar-refractivity contribution is 0.169. The second-order valence-electron chi connectivity index (χ2n) is 8.17. The summed E-state index contributed by atoms with van der Waals surface area (Å²) in [5.41, 5.74) is 1.28. The molecule has 0 aliphatic carbocycles. The number of aromatic nitrogens is 1. The molecule has 1 aliphatic heterocycles. The summed E-state index contributed by atoms with van der Waals surface area (Å²) in [5.74, 6) is 1.88. The van der Waals surface area contributed by atoms with E-state index in [0.717, 1.165) is 76.9 Å². The number of anilines is 1. The van der Waals surface area contributed by atoms with Gasteiger partial charge in [0, 0.05) is 52.1 Å². The molecule has 2 rings (SSSR count). The molecule has 31 heavy (non-hydrogen) atoms. The second kappa shape index (κ2) is 14.8. The number of hydrogen-bond donors (Lipinski definition) is 3. The minimum atomic E-state index is 0. The standard InChI is InChI=1S/C23H42N6O.HI/c1-5-23(6-2,10-16-30)19-27-22(24-7-3)26-18-20-9-11-25-21(17-20)29-14-12-28(8-4)13-15-29;/h9,11,17,30H,5-8,10,12-16,18-19H2,1-4H3,(H2,24,26,27);1H. The largest absolute Gasteiger partial charge is 0.396 e. The summed E-state index contributed by atoms with van der Waals surface area (Å²) in [7, 11) is 0. The van der Waals surface area contributed by atoms with E-state index in [9.17, 15) is 5.11 Å². The van der Waals surface area contributed by atoms with Crippen molar-refractivity contribution in [3.05, 3.63) is 23.9 Å². The average Bonchev–Trinajstić information content (AvgIpc) is 2.80. The maximum Gasteiger partial charge on any atom is 0.191 e. The van der Waals surface area contributed by atoms with E-state index in [0.29, 0.717) is 6.54 Å². The Morgan fingerprint density at radius 2 is 1.84 bits per heavy atom. The molecule has 0 unspecified atom stereocenters. The molecule has 1 aromatic heterocycles. The summed E-state index contributed by atoms with van der Waals surface area (Å²) in [6.45, 7) is 16.5. The highest BCUT2D eigenvalue weighted by atomic mass is 127. The molecule has 0 bridgehead atoms. The number of piperazine rings is 1. The van der Waals surface area contributed by atoms with Gasteiger partial charge < -0.3 is 25.5 Å². The molecule has 178 valence electrons. The Morgan fingerprint density at radius 1 is 1.13 bits per heavy atom. The van der Waals surface area contributed by atoms with E-state index in [4.69, 9.17) is 4.99 Å². The number of aliphatic hydroxyl groups excluding tert-OH is 1. The highest BCUT2D eigenvalue weighted by Crippen LogP contribution is 2.29. The minimum Gasteiger partial charge on any atom is -0.396 e. The number of halogens is 1. The lowest BCUT2D eigenvalue weighted by Crippen LogP contribution is -2.46. The molecule has 1 fully saturated rings. The van der Waals surface area contributed by atoms with E-state index < -0.39 is 0 Å². The first-order chi connectivity index (χ1) is 14.6. The summed E-state index contributed by atoms with van der Waals surface area (Å²) < 4.78 is 0. The van der Waals surface area contributed by atoms with Crippen LogP contribution in [0.3, 0.4) is 0 Å². The Bertz CT molecular complexity index is 645. The third-order valence-electron chi connectivity index (χ3n) is 6.49. The van der Waals surface area contributed by atoms with Crippen LogP contribution in [0, 0.1) is 5.41 Å². The number of rotatable bonds is 11. The maximum absolute atomic E-state index is 9.46. The Morgan fingerprint density at radius 3 is 2.42 bits per heavy atom. The smallest absolute Gasteiger partial charge is 0.191 e. The number of pyridine rings is 1. The van der Waals surface area contributed by atoms with Crippen molar-refractivity contribution in [3.63, 3.8) is 0 Å². The molecular weight excluding hydrogens is 503 g/mol. The van der Waals surface area contributed by atoms with Crippen molar-refractivity contribution >= 4 is 35.8 Å². The molecule has 0 spiro atoms. The first-order valence-electron chi connectivity index (χ1n) is 11.6.